The van der Waals surface area contributed by atoms with Crippen LogP contribution in [0.4, 0.5) is 0 Å². The Morgan fingerprint density at radius 2 is 2.43 bits per heavy atom. The van der Waals surface area contributed by atoms with Crippen LogP contribution in [0.3, 0.4) is 0 Å². The summed E-state index contributed by atoms with van der Waals surface area (Å²) in [4.78, 5) is 1.95. The monoisotopic (exact) mass is 249 g/mol. The largest absolute Gasteiger partial charge is 0.329 e. The fourth-order valence-electron chi connectivity index (χ4n) is 1.67. The maximum atomic E-state index is 11.3. The van der Waals surface area contributed by atoms with Gasteiger partial charge in [-0.2, -0.15) is 0 Å². The normalized spacial score (nSPS) is 29.2. The van der Waals surface area contributed by atoms with Crippen LogP contribution in [0.5, 0.6) is 0 Å². The number of thiocarbonyl (C=S) groups is 1. The molecule has 2 aliphatic heterocycles. The third-order valence-corrected chi connectivity index (χ3v) is 5.47. The number of nitrogens with zero attached hydrogens (tertiary/aromatic N) is 1. The lowest BCUT2D eigenvalue weighted by Crippen LogP contribution is -2.22. The second kappa shape index (κ2) is 3.50. The van der Waals surface area contributed by atoms with Crippen LogP contribution in [-0.2, 0) is 9.84 Å². The molecule has 0 N–H and O–H groups in total. The molecule has 2 heterocycles. The van der Waals surface area contributed by atoms with Crippen LogP contribution in [0.1, 0.15) is 13.3 Å². The summed E-state index contributed by atoms with van der Waals surface area (Å²) in [5.41, 5.74) is 0.891. The van der Waals surface area contributed by atoms with E-state index in [1.54, 1.807) is 0 Å². The van der Waals surface area contributed by atoms with E-state index in [1.807, 2.05) is 4.90 Å². The fraction of sp³-hybridized carbons (Fsp3) is 0.625. The molecule has 1 fully saturated rings. The quantitative estimate of drug-likeness (QED) is 0.691. The number of fused-ring (bicyclic) bond motifs is 1. The molecule has 1 atom stereocenters. The highest BCUT2D eigenvalue weighted by molar-refractivity contribution is 8.24. The topological polar surface area (TPSA) is 37.4 Å². The van der Waals surface area contributed by atoms with Gasteiger partial charge in [0.25, 0.3) is 0 Å². The Morgan fingerprint density at radius 3 is 3.07 bits per heavy atom. The van der Waals surface area contributed by atoms with Crippen LogP contribution in [0.15, 0.2) is 11.1 Å². The van der Waals surface area contributed by atoms with Gasteiger partial charge in [-0.3, -0.25) is 0 Å². The lowest BCUT2D eigenvalue weighted by molar-refractivity contribution is 0.525. The molecule has 0 aliphatic carbocycles. The van der Waals surface area contributed by atoms with E-state index in [9.17, 15) is 8.42 Å². The SMILES string of the molecule is CCCN1C(=S)S[C@H]2CS(=O)(=O)C=C21. The van der Waals surface area contributed by atoms with Crippen molar-refractivity contribution in [3.05, 3.63) is 11.1 Å². The van der Waals surface area contributed by atoms with Gasteiger partial charge in [-0.25, -0.2) is 8.42 Å². The number of sulfone groups is 1. The minimum absolute atomic E-state index is 0.0547. The Kier molecular flexibility index (Phi) is 2.61. The van der Waals surface area contributed by atoms with Crippen LogP contribution >= 0.6 is 24.0 Å². The summed E-state index contributed by atoms with van der Waals surface area (Å²) in [6.07, 6.45) is 0.977. The Balaban J connectivity index is 2.31. The molecule has 2 rings (SSSR count). The maximum Gasteiger partial charge on any atom is 0.174 e. The summed E-state index contributed by atoms with van der Waals surface area (Å²) in [7, 11) is -2.96. The molecule has 1 saturated heterocycles. The van der Waals surface area contributed by atoms with Crippen molar-refractivity contribution in [1.29, 1.82) is 0 Å². The molecule has 6 heteroatoms. The zero-order valence-corrected chi connectivity index (χ0v) is 10.2. The van der Waals surface area contributed by atoms with E-state index in [-0.39, 0.29) is 11.0 Å². The Hall–Kier alpha value is -0.0700. The van der Waals surface area contributed by atoms with E-state index in [1.165, 1.54) is 17.2 Å². The van der Waals surface area contributed by atoms with Crippen molar-refractivity contribution in [2.75, 3.05) is 12.3 Å². The number of thioether (sulfide) groups is 1. The standard InChI is InChI=1S/C8H11NO2S3/c1-2-3-9-6-4-14(10,11)5-7(6)13-8(9)12/h4,7H,2-3,5H2,1H3/t7-/m0/s1. The van der Waals surface area contributed by atoms with E-state index in [0.717, 1.165) is 23.0 Å². The molecule has 14 heavy (non-hydrogen) atoms. The molecule has 0 radical (unpaired) electrons. The van der Waals surface area contributed by atoms with Crippen molar-refractivity contribution in [1.82, 2.24) is 4.90 Å². The predicted octanol–water partition coefficient (Wildman–Crippen LogP) is 1.37. The molecule has 78 valence electrons. The van der Waals surface area contributed by atoms with Crippen LogP contribution in [-0.4, -0.2) is 35.2 Å². The minimum Gasteiger partial charge on any atom is -0.329 e. The molecule has 0 aromatic carbocycles. The molecular formula is C8H11NO2S3. The van der Waals surface area contributed by atoms with Crippen LogP contribution < -0.4 is 0 Å². The maximum absolute atomic E-state index is 11.3. The fourth-order valence-corrected chi connectivity index (χ4v) is 5.38. The second-order valence-electron chi connectivity index (χ2n) is 3.40. The smallest absolute Gasteiger partial charge is 0.174 e. The van der Waals surface area contributed by atoms with Gasteiger partial charge in [0.1, 0.15) is 4.32 Å². The number of rotatable bonds is 2. The van der Waals surface area contributed by atoms with Crippen molar-refractivity contribution in [2.24, 2.45) is 0 Å². The first kappa shape index (κ1) is 10.4. The summed E-state index contributed by atoms with van der Waals surface area (Å²) < 4.78 is 23.5. The summed E-state index contributed by atoms with van der Waals surface area (Å²) in [6, 6.07) is 0. The summed E-state index contributed by atoms with van der Waals surface area (Å²) in [6.45, 7) is 2.88. The molecule has 0 amide bonds. The first-order valence-corrected chi connectivity index (χ1v) is 7.46. The zero-order chi connectivity index (χ0) is 10.3. The van der Waals surface area contributed by atoms with E-state index < -0.39 is 9.84 Å². The third-order valence-electron chi connectivity index (χ3n) is 2.24. The molecule has 0 aromatic heterocycles. The highest BCUT2D eigenvalue weighted by atomic mass is 32.2. The van der Waals surface area contributed by atoms with E-state index in [0.29, 0.717) is 0 Å². The zero-order valence-electron chi connectivity index (χ0n) is 7.76. The average Bonchev–Trinajstić information content (AvgIpc) is 2.47. The summed E-state index contributed by atoms with van der Waals surface area (Å²) in [5.74, 6) is 0.216. The lowest BCUT2D eigenvalue weighted by atomic mass is 10.3. The van der Waals surface area contributed by atoms with Gasteiger partial charge < -0.3 is 4.90 Å². The van der Waals surface area contributed by atoms with Crippen molar-refractivity contribution < 1.29 is 8.42 Å². The van der Waals surface area contributed by atoms with Gasteiger partial charge >= 0.3 is 0 Å². The first-order valence-electron chi connectivity index (χ1n) is 4.46. The van der Waals surface area contributed by atoms with Crippen molar-refractivity contribution >= 4 is 38.1 Å². The Morgan fingerprint density at radius 1 is 1.71 bits per heavy atom. The van der Waals surface area contributed by atoms with Gasteiger partial charge in [0.15, 0.2) is 9.84 Å². The van der Waals surface area contributed by atoms with Gasteiger partial charge in [-0.1, -0.05) is 30.9 Å². The first-order chi connectivity index (χ1) is 6.53. The Bertz CT molecular complexity index is 399. The van der Waals surface area contributed by atoms with Crippen molar-refractivity contribution in [3.8, 4) is 0 Å². The molecule has 0 bridgehead atoms. The highest BCUT2D eigenvalue weighted by Crippen LogP contribution is 2.40. The van der Waals surface area contributed by atoms with E-state index >= 15 is 0 Å². The van der Waals surface area contributed by atoms with Gasteiger partial charge in [0.2, 0.25) is 0 Å². The van der Waals surface area contributed by atoms with Crippen LogP contribution in [0, 0.1) is 0 Å². The molecule has 0 saturated carbocycles. The third kappa shape index (κ3) is 1.70. The number of hydrogen-bond donors (Lipinski definition) is 0. The molecular weight excluding hydrogens is 238 g/mol. The van der Waals surface area contributed by atoms with Gasteiger partial charge in [-0.15, -0.1) is 0 Å². The summed E-state index contributed by atoms with van der Waals surface area (Å²) in [5, 5.41) is 1.44. The molecule has 0 aromatic rings. The van der Waals surface area contributed by atoms with Crippen LogP contribution in [0.25, 0.3) is 0 Å². The molecule has 0 unspecified atom stereocenters. The lowest BCUT2D eigenvalue weighted by Gasteiger charge is -2.16. The minimum atomic E-state index is -2.96. The van der Waals surface area contributed by atoms with Gasteiger partial charge in [0.05, 0.1) is 16.4 Å². The number of hydrogen-bond acceptors (Lipinski definition) is 4. The summed E-state index contributed by atoms with van der Waals surface area (Å²) >= 11 is 6.68. The average molecular weight is 249 g/mol. The van der Waals surface area contributed by atoms with E-state index in [2.05, 4.69) is 6.92 Å². The van der Waals surface area contributed by atoms with Gasteiger partial charge in [0, 0.05) is 12.2 Å². The molecule has 3 nitrogen and oxygen atoms in total. The highest BCUT2D eigenvalue weighted by Gasteiger charge is 2.40. The predicted molar refractivity (Wildman–Crippen MR) is 62.8 cm³/mol. The molecule has 2 aliphatic rings. The molecule has 0 spiro atoms. The van der Waals surface area contributed by atoms with Crippen LogP contribution in [0.2, 0.25) is 0 Å². The van der Waals surface area contributed by atoms with Crippen molar-refractivity contribution in [2.45, 2.75) is 18.6 Å². The van der Waals surface area contributed by atoms with Crippen molar-refractivity contribution in [3.63, 3.8) is 0 Å². The van der Waals surface area contributed by atoms with E-state index in [4.69, 9.17) is 12.2 Å². The Labute approximate surface area is 93.5 Å². The van der Waals surface area contributed by atoms with Gasteiger partial charge in [-0.05, 0) is 6.42 Å². The second-order valence-corrected chi connectivity index (χ2v) is 7.13.